The smallest absolute Gasteiger partial charge is 0.372 e. The van der Waals surface area contributed by atoms with E-state index in [1.165, 1.54) is 0 Å². The molecule has 0 aliphatic rings. The van der Waals surface area contributed by atoms with Crippen LogP contribution < -0.4 is 5.32 Å². The van der Waals surface area contributed by atoms with Gasteiger partial charge >= 0.3 is 6.18 Å². The van der Waals surface area contributed by atoms with Crippen molar-refractivity contribution in [2.45, 2.75) is 18.6 Å². The molecule has 9 heteroatoms. The molecule has 0 amide bonds. The maximum absolute atomic E-state index is 11.9. The molecule has 0 aliphatic heterocycles. The van der Waals surface area contributed by atoms with Gasteiger partial charge < -0.3 is 10.1 Å². The van der Waals surface area contributed by atoms with Gasteiger partial charge in [0.1, 0.15) is 6.61 Å². The number of hydrogen-bond acceptors (Lipinski definition) is 4. The van der Waals surface area contributed by atoms with Crippen LogP contribution in [0.2, 0.25) is 0 Å². The third kappa shape index (κ3) is 4.54. The second-order valence-electron chi connectivity index (χ2n) is 3.69. The summed E-state index contributed by atoms with van der Waals surface area (Å²) in [7, 11) is 3.43. The van der Waals surface area contributed by atoms with Crippen LogP contribution in [0.5, 0.6) is 0 Å². The lowest BCUT2D eigenvalue weighted by Crippen LogP contribution is -2.23. The van der Waals surface area contributed by atoms with Gasteiger partial charge in [0.05, 0.1) is 11.7 Å². The van der Waals surface area contributed by atoms with Gasteiger partial charge in [0.2, 0.25) is 0 Å². The Labute approximate surface area is 111 Å². The van der Waals surface area contributed by atoms with Gasteiger partial charge in [0, 0.05) is 13.7 Å². The number of rotatable bonds is 6. The van der Waals surface area contributed by atoms with Gasteiger partial charge in [0.15, 0.2) is 4.60 Å². The predicted octanol–water partition coefficient (Wildman–Crippen LogP) is 1.81. The third-order valence-corrected chi connectivity index (χ3v) is 2.89. The Hall–Kier alpha value is -0.670. The van der Waals surface area contributed by atoms with Crippen LogP contribution >= 0.6 is 15.9 Å². The molecule has 1 N–H and O–H groups in total. The SMILES string of the molecule is CNC(CCOCC(F)(F)F)c1c(Br)nnn1C. The lowest BCUT2D eigenvalue weighted by atomic mass is 10.1. The normalized spacial score (nSPS) is 13.9. The minimum atomic E-state index is -4.29. The highest BCUT2D eigenvalue weighted by Crippen LogP contribution is 2.23. The van der Waals surface area contributed by atoms with E-state index in [1.807, 2.05) is 0 Å². The van der Waals surface area contributed by atoms with E-state index in [0.29, 0.717) is 11.0 Å². The van der Waals surface area contributed by atoms with Crippen molar-refractivity contribution in [3.63, 3.8) is 0 Å². The molecular weight excluding hydrogens is 317 g/mol. The number of hydrogen-bond donors (Lipinski definition) is 1. The summed E-state index contributed by atoms with van der Waals surface area (Å²) in [6.07, 6.45) is -3.89. The molecule has 0 spiro atoms. The van der Waals surface area contributed by atoms with Crippen molar-refractivity contribution in [1.82, 2.24) is 20.3 Å². The first-order chi connectivity index (χ1) is 8.35. The van der Waals surface area contributed by atoms with Crippen molar-refractivity contribution < 1.29 is 17.9 Å². The van der Waals surface area contributed by atoms with Crippen LogP contribution in [0.1, 0.15) is 18.2 Å². The van der Waals surface area contributed by atoms with Crippen molar-refractivity contribution in [3.05, 3.63) is 10.3 Å². The Morgan fingerprint density at radius 1 is 1.50 bits per heavy atom. The molecule has 0 bridgehead atoms. The zero-order valence-electron chi connectivity index (χ0n) is 9.96. The number of halogens is 4. The fourth-order valence-electron chi connectivity index (χ4n) is 1.52. The summed E-state index contributed by atoms with van der Waals surface area (Å²) < 4.78 is 42.4. The Morgan fingerprint density at radius 2 is 2.17 bits per heavy atom. The minimum Gasteiger partial charge on any atom is -0.372 e. The summed E-state index contributed by atoms with van der Waals surface area (Å²) in [5.41, 5.74) is 0.771. The summed E-state index contributed by atoms with van der Waals surface area (Å²) in [4.78, 5) is 0. The van der Waals surface area contributed by atoms with Gasteiger partial charge in [-0.25, -0.2) is 4.68 Å². The largest absolute Gasteiger partial charge is 0.411 e. The summed E-state index contributed by atoms with van der Waals surface area (Å²) in [5.74, 6) is 0. The Balaban J connectivity index is 2.49. The molecule has 18 heavy (non-hydrogen) atoms. The fraction of sp³-hybridized carbons (Fsp3) is 0.778. The molecule has 1 rings (SSSR count). The van der Waals surface area contributed by atoms with Crippen molar-refractivity contribution in [2.75, 3.05) is 20.3 Å². The second kappa shape index (κ2) is 6.48. The highest BCUT2D eigenvalue weighted by atomic mass is 79.9. The quantitative estimate of drug-likeness (QED) is 0.808. The average Bonchev–Trinajstić information content (AvgIpc) is 2.59. The first kappa shape index (κ1) is 15.4. The molecule has 1 heterocycles. The number of ether oxygens (including phenoxy) is 1. The van der Waals surface area contributed by atoms with Gasteiger partial charge in [-0.3, -0.25) is 0 Å². The van der Waals surface area contributed by atoms with Crippen molar-refractivity contribution >= 4 is 15.9 Å². The first-order valence-corrected chi connectivity index (χ1v) is 6.01. The van der Waals surface area contributed by atoms with E-state index in [9.17, 15) is 13.2 Å². The molecule has 0 saturated heterocycles. The van der Waals surface area contributed by atoms with E-state index in [0.717, 1.165) is 5.69 Å². The zero-order chi connectivity index (χ0) is 13.8. The molecule has 1 unspecified atom stereocenters. The molecule has 0 fully saturated rings. The molecule has 1 atom stereocenters. The lowest BCUT2D eigenvalue weighted by molar-refractivity contribution is -0.174. The van der Waals surface area contributed by atoms with Gasteiger partial charge in [-0.15, -0.1) is 5.10 Å². The molecule has 1 aromatic rings. The Kier molecular flexibility index (Phi) is 5.54. The number of nitrogens with zero attached hydrogens (tertiary/aromatic N) is 3. The average molecular weight is 331 g/mol. The molecule has 5 nitrogen and oxygen atoms in total. The van der Waals surface area contributed by atoms with Crippen LogP contribution in [0.4, 0.5) is 13.2 Å². The van der Waals surface area contributed by atoms with Crippen LogP contribution in [0, 0.1) is 0 Å². The Morgan fingerprint density at radius 3 is 2.61 bits per heavy atom. The van der Waals surface area contributed by atoms with Crippen LogP contribution in [0.3, 0.4) is 0 Å². The maximum atomic E-state index is 11.9. The third-order valence-electron chi connectivity index (χ3n) is 2.32. The van der Waals surface area contributed by atoms with Crippen molar-refractivity contribution in [2.24, 2.45) is 7.05 Å². The molecule has 0 radical (unpaired) electrons. The molecule has 0 saturated carbocycles. The summed E-state index contributed by atoms with van der Waals surface area (Å²) in [6, 6.07) is -0.174. The first-order valence-electron chi connectivity index (χ1n) is 5.22. The van der Waals surface area contributed by atoms with Crippen LogP contribution in [0.15, 0.2) is 4.60 Å². The summed E-state index contributed by atoms with van der Waals surface area (Å²) in [6.45, 7) is -1.23. The van der Waals surface area contributed by atoms with E-state index in [2.05, 4.69) is 36.3 Å². The number of alkyl halides is 3. The van der Waals surface area contributed by atoms with Crippen LogP contribution in [-0.2, 0) is 11.8 Å². The Bertz CT molecular complexity index is 363. The van der Waals surface area contributed by atoms with Crippen LogP contribution in [0.25, 0.3) is 0 Å². The van der Waals surface area contributed by atoms with Crippen molar-refractivity contribution in [3.8, 4) is 0 Å². The second-order valence-corrected chi connectivity index (χ2v) is 4.44. The zero-order valence-corrected chi connectivity index (χ0v) is 11.5. The van der Waals surface area contributed by atoms with Crippen LogP contribution in [-0.4, -0.2) is 41.4 Å². The van der Waals surface area contributed by atoms with E-state index >= 15 is 0 Å². The topological polar surface area (TPSA) is 52.0 Å². The minimum absolute atomic E-state index is 0.00262. The van der Waals surface area contributed by atoms with Gasteiger partial charge in [-0.2, -0.15) is 13.2 Å². The fourth-order valence-corrected chi connectivity index (χ4v) is 2.12. The van der Waals surface area contributed by atoms with Gasteiger partial charge in [-0.05, 0) is 29.4 Å². The monoisotopic (exact) mass is 330 g/mol. The molecule has 0 aliphatic carbocycles. The summed E-state index contributed by atoms with van der Waals surface area (Å²) in [5, 5.41) is 10.6. The number of nitrogens with one attached hydrogen (secondary N) is 1. The summed E-state index contributed by atoms with van der Waals surface area (Å²) >= 11 is 3.24. The van der Waals surface area contributed by atoms with Gasteiger partial charge in [0.25, 0.3) is 0 Å². The molecule has 0 aromatic carbocycles. The molecular formula is C9H14BrF3N4O. The van der Waals surface area contributed by atoms with E-state index in [-0.39, 0.29) is 12.6 Å². The van der Waals surface area contributed by atoms with E-state index in [4.69, 9.17) is 0 Å². The van der Waals surface area contributed by atoms with Gasteiger partial charge in [-0.1, -0.05) is 5.21 Å². The highest BCUT2D eigenvalue weighted by molar-refractivity contribution is 9.10. The molecule has 1 aromatic heterocycles. The van der Waals surface area contributed by atoms with E-state index < -0.39 is 12.8 Å². The highest BCUT2D eigenvalue weighted by Gasteiger charge is 2.27. The predicted molar refractivity (Wildman–Crippen MR) is 62.0 cm³/mol. The standard InChI is InChI=1S/C9H14BrF3N4O/c1-14-6(3-4-18-5-9(11,12)13)7-8(10)15-16-17(7)2/h6,14H,3-5H2,1-2H3. The lowest BCUT2D eigenvalue weighted by Gasteiger charge is -2.16. The number of aromatic nitrogens is 3. The molecule has 104 valence electrons. The van der Waals surface area contributed by atoms with E-state index in [1.54, 1.807) is 18.8 Å². The maximum Gasteiger partial charge on any atom is 0.411 e. The number of aryl methyl sites for hydroxylation is 1. The van der Waals surface area contributed by atoms with Crippen molar-refractivity contribution in [1.29, 1.82) is 0 Å².